The lowest BCUT2D eigenvalue weighted by Crippen LogP contribution is -2.37. The molecule has 2 rings (SSSR count). The Morgan fingerprint density at radius 2 is 2.38 bits per heavy atom. The maximum absolute atomic E-state index is 11.8. The van der Waals surface area contributed by atoms with Gasteiger partial charge in [-0.2, -0.15) is 10.2 Å². The molecule has 1 aliphatic heterocycles. The van der Waals surface area contributed by atoms with Crippen molar-refractivity contribution in [3.05, 3.63) is 30.0 Å². The standard InChI is InChI=1S/C14H19N5O2/c1-4-7-21-14(20)19-6-5-12-11(9-19)8-13(18-16-12)17-15-10(2)3/h4,8H,1,5-7,9H2,2-3H3,(H,17,18). The fraction of sp³-hybridized carbons (Fsp3) is 0.429. The number of carbonyl (C=O) groups excluding carboxylic acids is 1. The first-order valence-corrected chi connectivity index (χ1v) is 6.75. The highest BCUT2D eigenvalue weighted by atomic mass is 16.6. The SMILES string of the molecule is C=CCOC(=O)N1CCc2nnc(NN=C(C)C)cc2C1. The number of fused-ring (bicyclic) bond motifs is 1. The number of ether oxygens (including phenoxy) is 1. The molecule has 0 atom stereocenters. The summed E-state index contributed by atoms with van der Waals surface area (Å²) in [5.41, 5.74) is 5.60. The van der Waals surface area contributed by atoms with Crippen LogP contribution in [0.4, 0.5) is 10.6 Å². The highest BCUT2D eigenvalue weighted by Crippen LogP contribution is 2.19. The normalized spacial score (nSPS) is 13.1. The van der Waals surface area contributed by atoms with Crippen molar-refractivity contribution >= 4 is 17.6 Å². The molecule has 7 nitrogen and oxygen atoms in total. The molecule has 7 heteroatoms. The van der Waals surface area contributed by atoms with Gasteiger partial charge in [0.1, 0.15) is 6.61 Å². The van der Waals surface area contributed by atoms with Crippen LogP contribution in [0.25, 0.3) is 0 Å². The second kappa shape index (κ2) is 6.83. The average molecular weight is 289 g/mol. The van der Waals surface area contributed by atoms with Gasteiger partial charge in [-0.1, -0.05) is 12.7 Å². The molecule has 1 aliphatic rings. The van der Waals surface area contributed by atoms with Crippen molar-refractivity contribution in [2.45, 2.75) is 26.8 Å². The van der Waals surface area contributed by atoms with Crippen molar-refractivity contribution in [3.63, 3.8) is 0 Å². The van der Waals surface area contributed by atoms with Gasteiger partial charge in [0.2, 0.25) is 0 Å². The Morgan fingerprint density at radius 3 is 3.10 bits per heavy atom. The number of amides is 1. The van der Waals surface area contributed by atoms with E-state index in [-0.39, 0.29) is 12.7 Å². The van der Waals surface area contributed by atoms with E-state index in [9.17, 15) is 4.79 Å². The van der Waals surface area contributed by atoms with Crippen LogP contribution in [0.5, 0.6) is 0 Å². The Kier molecular flexibility index (Phi) is 4.86. The molecule has 1 aromatic rings. The zero-order valence-corrected chi connectivity index (χ0v) is 12.3. The summed E-state index contributed by atoms with van der Waals surface area (Å²) in [5.74, 6) is 0.566. The summed E-state index contributed by atoms with van der Waals surface area (Å²) >= 11 is 0. The molecular formula is C14H19N5O2. The number of hydrogen-bond acceptors (Lipinski definition) is 6. The monoisotopic (exact) mass is 289 g/mol. The van der Waals surface area contributed by atoms with Crippen LogP contribution in [0, 0.1) is 0 Å². The summed E-state index contributed by atoms with van der Waals surface area (Å²) in [4.78, 5) is 13.5. The fourth-order valence-electron chi connectivity index (χ4n) is 1.93. The Balaban J connectivity index is 2.07. The smallest absolute Gasteiger partial charge is 0.410 e. The number of nitrogens with zero attached hydrogens (tertiary/aromatic N) is 4. The van der Waals surface area contributed by atoms with E-state index in [2.05, 4.69) is 27.3 Å². The number of anilines is 1. The number of nitrogens with one attached hydrogen (secondary N) is 1. The zero-order chi connectivity index (χ0) is 15.2. The van der Waals surface area contributed by atoms with Crippen molar-refractivity contribution in [3.8, 4) is 0 Å². The maximum atomic E-state index is 11.8. The highest BCUT2D eigenvalue weighted by Gasteiger charge is 2.23. The minimum absolute atomic E-state index is 0.216. The highest BCUT2D eigenvalue weighted by molar-refractivity contribution is 5.79. The summed E-state index contributed by atoms with van der Waals surface area (Å²) in [6.07, 6.45) is 1.88. The molecule has 0 aromatic carbocycles. The third kappa shape index (κ3) is 4.01. The van der Waals surface area contributed by atoms with Crippen LogP contribution in [-0.2, 0) is 17.7 Å². The van der Waals surface area contributed by atoms with E-state index in [0.29, 0.717) is 25.3 Å². The van der Waals surface area contributed by atoms with Gasteiger partial charge in [0.25, 0.3) is 0 Å². The average Bonchev–Trinajstić information content (AvgIpc) is 2.49. The van der Waals surface area contributed by atoms with Crippen molar-refractivity contribution in [2.75, 3.05) is 18.6 Å². The molecule has 0 saturated heterocycles. The summed E-state index contributed by atoms with van der Waals surface area (Å²) in [5, 5.41) is 12.3. The van der Waals surface area contributed by atoms with E-state index in [4.69, 9.17) is 4.74 Å². The predicted octanol–water partition coefficient (Wildman–Crippen LogP) is 1.96. The molecule has 1 aromatic heterocycles. The van der Waals surface area contributed by atoms with Gasteiger partial charge in [-0.15, -0.1) is 5.10 Å². The first-order chi connectivity index (χ1) is 10.1. The second-order valence-corrected chi connectivity index (χ2v) is 4.91. The first-order valence-electron chi connectivity index (χ1n) is 6.75. The summed E-state index contributed by atoms with van der Waals surface area (Å²) < 4.78 is 5.05. The van der Waals surface area contributed by atoms with Crippen molar-refractivity contribution in [1.29, 1.82) is 0 Å². The molecule has 0 radical (unpaired) electrons. The number of carbonyl (C=O) groups is 1. The minimum Gasteiger partial charge on any atom is -0.445 e. The molecule has 2 heterocycles. The van der Waals surface area contributed by atoms with Crippen LogP contribution in [0.1, 0.15) is 25.1 Å². The molecule has 0 unspecified atom stereocenters. The Labute approximate surface area is 123 Å². The Bertz CT molecular complexity index is 566. The van der Waals surface area contributed by atoms with Crippen LogP contribution in [-0.4, -0.2) is 40.1 Å². The predicted molar refractivity (Wildman–Crippen MR) is 80.1 cm³/mol. The molecule has 0 spiro atoms. The van der Waals surface area contributed by atoms with Gasteiger partial charge in [-0.3, -0.25) is 5.43 Å². The second-order valence-electron chi connectivity index (χ2n) is 4.91. The Hall–Kier alpha value is -2.44. The Morgan fingerprint density at radius 1 is 1.57 bits per heavy atom. The van der Waals surface area contributed by atoms with Gasteiger partial charge in [-0.25, -0.2) is 4.79 Å². The van der Waals surface area contributed by atoms with Crippen molar-refractivity contribution in [2.24, 2.45) is 5.10 Å². The van der Waals surface area contributed by atoms with Gasteiger partial charge in [0, 0.05) is 18.7 Å². The molecule has 0 fully saturated rings. The quantitative estimate of drug-likeness (QED) is 0.521. The van der Waals surface area contributed by atoms with Gasteiger partial charge in [-0.05, 0) is 25.5 Å². The van der Waals surface area contributed by atoms with Gasteiger partial charge in [0.05, 0.1) is 12.2 Å². The van der Waals surface area contributed by atoms with E-state index in [1.54, 1.807) is 11.0 Å². The largest absolute Gasteiger partial charge is 0.445 e. The lowest BCUT2D eigenvalue weighted by atomic mass is 10.1. The summed E-state index contributed by atoms with van der Waals surface area (Å²) in [6, 6.07) is 1.86. The molecule has 0 aliphatic carbocycles. The molecule has 21 heavy (non-hydrogen) atoms. The molecule has 0 bridgehead atoms. The van der Waals surface area contributed by atoms with Crippen molar-refractivity contribution in [1.82, 2.24) is 15.1 Å². The third-order valence-corrected chi connectivity index (χ3v) is 2.92. The van der Waals surface area contributed by atoms with Crippen LogP contribution in [0.15, 0.2) is 23.8 Å². The zero-order valence-electron chi connectivity index (χ0n) is 12.3. The van der Waals surface area contributed by atoms with E-state index in [1.807, 2.05) is 19.9 Å². The van der Waals surface area contributed by atoms with Crippen LogP contribution >= 0.6 is 0 Å². The number of aromatic nitrogens is 2. The van der Waals surface area contributed by atoms with Crippen LogP contribution in [0.3, 0.4) is 0 Å². The van der Waals surface area contributed by atoms with E-state index in [1.165, 1.54) is 0 Å². The van der Waals surface area contributed by atoms with E-state index >= 15 is 0 Å². The fourth-order valence-corrected chi connectivity index (χ4v) is 1.93. The molecular weight excluding hydrogens is 270 g/mol. The number of rotatable bonds is 4. The lowest BCUT2D eigenvalue weighted by Gasteiger charge is -2.27. The van der Waals surface area contributed by atoms with Crippen LogP contribution in [0.2, 0.25) is 0 Å². The maximum Gasteiger partial charge on any atom is 0.410 e. The topological polar surface area (TPSA) is 79.7 Å². The van der Waals surface area contributed by atoms with Gasteiger partial charge in [0.15, 0.2) is 5.82 Å². The lowest BCUT2D eigenvalue weighted by molar-refractivity contribution is 0.107. The van der Waals surface area contributed by atoms with Gasteiger partial charge < -0.3 is 9.64 Å². The first kappa shape index (κ1) is 15.0. The summed E-state index contributed by atoms with van der Waals surface area (Å²) in [7, 11) is 0. The molecule has 112 valence electrons. The minimum atomic E-state index is -0.339. The third-order valence-electron chi connectivity index (χ3n) is 2.92. The number of hydrogen-bond donors (Lipinski definition) is 1. The summed E-state index contributed by atoms with van der Waals surface area (Å²) in [6.45, 7) is 8.55. The van der Waals surface area contributed by atoms with Crippen molar-refractivity contribution < 1.29 is 9.53 Å². The molecule has 1 N–H and O–H groups in total. The molecule has 1 amide bonds. The van der Waals surface area contributed by atoms with E-state index < -0.39 is 0 Å². The van der Waals surface area contributed by atoms with Crippen LogP contribution < -0.4 is 5.43 Å². The number of hydrazone groups is 1. The van der Waals surface area contributed by atoms with Gasteiger partial charge >= 0.3 is 6.09 Å². The molecule has 0 saturated carbocycles. The van der Waals surface area contributed by atoms with E-state index in [0.717, 1.165) is 17.0 Å².